The Morgan fingerprint density at radius 2 is 1.77 bits per heavy atom. The Morgan fingerprint density at radius 1 is 1.00 bits per heavy atom. The summed E-state index contributed by atoms with van der Waals surface area (Å²) >= 11 is 1.19. The molecule has 3 rings (SSSR count). The highest BCUT2D eigenvalue weighted by Gasteiger charge is 2.13. The van der Waals surface area contributed by atoms with Crippen LogP contribution in [0, 0.1) is 0 Å². The lowest BCUT2D eigenvalue weighted by Crippen LogP contribution is -2.27. The molecule has 0 unspecified atom stereocenters. The van der Waals surface area contributed by atoms with Gasteiger partial charge in [-0.2, -0.15) is 0 Å². The van der Waals surface area contributed by atoms with Crippen LogP contribution in [-0.4, -0.2) is 49.7 Å². The first-order valence-corrected chi connectivity index (χ1v) is 10.2. The molecule has 0 aliphatic rings. The Morgan fingerprint density at radius 3 is 2.47 bits per heavy atom. The Hall–Kier alpha value is -3.20. The first-order chi connectivity index (χ1) is 14.6. The molecule has 0 saturated carbocycles. The number of rotatable bonds is 10. The van der Waals surface area contributed by atoms with Gasteiger partial charge in [-0.15, -0.1) is 10.2 Å². The predicted molar refractivity (Wildman–Crippen MR) is 113 cm³/mol. The Bertz CT molecular complexity index is 975. The molecule has 2 aromatic carbocycles. The molecular formula is C21H23N3O5S. The van der Waals surface area contributed by atoms with E-state index < -0.39 is 0 Å². The van der Waals surface area contributed by atoms with E-state index in [1.54, 1.807) is 39.5 Å². The molecule has 1 N–H and O–H groups in total. The number of carbonyl (C=O) groups excluding carboxylic acids is 1. The number of nitrogens with one attached hydrogen (secondary N) is 1. The summed E-state index contributed by atoms with van der Waals surface area (Å²) in [6, 6.07) is 13.1. The van der Waals surface area contributed by atoms with Gasteiger partial charge in [0.05, 0.1) is 27.1 Å². The summed E-state index contributed by atoms with van der Waals surface area (Å²) in [5.74, 6) is 2.43. The first-order valence-electron chi connectivity index (χ1n) is 9.21. The van der Waals surface area contributed by atoms with Crippen molar-refractivity contribution >= 4 is 17.7 Å². The highest BCUT2D eigenvalue weighted by atomic mass is 32.2. The van der Waals surface area contributed by atoms with Crippen LogP contribution in [0.4, 0.5) is 0 Å². The van der Waals surface area contributed by atoms with E-state index in [2.05, 4.69) is 15.5 Å². The molecule has 0 spiro atoms. The van der Waals surface area contributed by atoms with Crippen LogP contribution in [0.3, 0.4) is 0 Å². The molecule has 8 nitrogen and oxygen atoms in total. The quantitative estimate of drug-likeness (QED) is 0.491. The van der Waals surface area contributed by atoms with Gasteiger partial charge in [0.25, 0.3) is 5.22 Å². The number of ether oxygens (including phenoxy) is 3. The minimum Gasteiger partial charge on any atom is -0.497 e. The van der Waals surface area contributed by atoms with Gasteiger partial charge < -0.3 is 23.9 Å². The van der Waals surface area contributed by atoms with Crippen molar-refractivity contribution in [3.05, 3.63) is 48.0 Å². The molecule has 0 atom stereocenters. The number of carbonyl (C=O) groups is 1. The third kappa shape index (κ3) is 5.66. The van der Waals surface area contributed by atoms with E-state index in [4.69, 9.17) is 18.6 Å². The average molecular weight is 429 g/mol. The zero-order valence-electron chi connectivity index (χ0n) is 17.0. The van der Waals surface area contributed by atoms with E-state index in [1.807, 2.05) is 24.3 Å². The normalized spacial score (nSPS) is 10.5. The number of amides is 1. The van der Waals surface area contributed by atoms with Crippen LogP contribution in [0.1, 0.15) is 5.56 Å². The molecule has 30 heavy (non-hydrogen) atoms. The largest absolute Gasteiger partial charge is 0.497 e. The zero-order valence-corrected chi connectivity index (χ0v) is 17.8. The molecule has 1 aromatic heterocycles. The van der Waals surface area contributed by atoms with Crippen LogP contribution in [0.15, 0.2) is 52.1 Å². The van der Waals surface area contributed by atoms with E-state index in [9.17, 15) is 4.79 Å². The summed E-state index contributed by atoms with van der Waals surface area (Å²) < 4.78 is 21.3. The summed E-state index contributed by atoms with van der Waals surface area (Å²) in [5, 5.41) is 11.2. The maximum Gasteiger partial charge on any atom is 0.277 e. The lowest BCUT2D eigenvalue weighted by atomic mass is 10.1. The molecule has 1 amide bonds. The van der Waals surface area contributed by atoms with Crippen molar-refractivity contribution in [3.8, 4) is 28.7 Å². The van der Waals surface area contributed by atoms with Gasteiger partial charge in [0.2, 0.25) is 11.8 Å². The molecule has 9 heteroatoms. The second-order valence-electron chi connectivity index (χ2n) is 6.18. The minimum absolute atomic E-state index is 0.0978. The molecule has 3 aromatic rings. The van der Waals surface area contributed by atoms with Crippen molar-refractivity contribution in [2.45, 2.75) is 11.6 Å². The fraction of sp³-hybridized carbons (Fsp3) is 0.286. The predicted octanol–water partition coefficient (Wildman–Crippen LogP) is 3.21. The zero-order chi connectivity index (χ0) is 21.3. The molecule has 1 heterocycles. The van der Waals surface area contributed by atoms with E-state index in [1.165, 1.54) is 11.8 Å². The van der Waals surface area contributed by atoms with Crippen LogP contribution in [-0.2, 0) is 11.2 Å². The van der Waals surface area contributed by atoms with Crippen molar-refractivity contribution in [3.63, 3.8) is 0 Å². The molecule has 0 saturated heterocycles. The molecular weight excluding hydrogens is 406 g/mol. The average Bonchev–Trinajstić information content (AvgIpc) is 3.26. The van der Waals surface area contributed by atoms with E-state index in [0.717, 1.165) is 17.7 Å². The highest BCUT2D eigenvalue weighted by Crippen LogP contribution is 2.32. The number of aromatic nitrogens is 2. The number of methoxy groups -OCH3 is 3. The van der Waals surface area contributed by atoms with Gasteiger partial charge in [-0.3, -0.25) is 4.79 Å². The lowest BCUT2D eigenvalue weighted by Gasteiger charge is -2.07. The Labute approximate surface area is 178 Å². The van der Waals surface area contributed by atoms with Crippen LogP contribution >= 0.6 is 11.8 Å². The third-order valence-electron chi connectivity index (χ3n) is 4.26. The van der Waals surface area contributed by atoms with Gasteiger partial charge in [0.15, 0.2) is 11.5 Å². The highest BCUT2D eigenvalue weighted by molar-refractivity contribution is 7.99. The van der Waals surface area contributed by atoms with Gasteiger partial charge in [0, 0.05) is 12.1 Å². The fourth-order valence-corrected chi connectivity index (χ4v) is 3.26. The summed E-state index contributed by atoms with van der Waals surface area (Å²) in [5.41, 5.74) is 1.83. The molecule has 0 bridgehead atoms. The number of hydrogen-bond acceptors (Lipinski definition) is 8. The molecule has 0 aliphatic heterocycles. The van der Waals surface area contributed by atoms with Crippen LogP contribution in [0.2, 0.25) is 0 Å². The smallest absolute Gasteiger partial charge is 0.277 e. The third-order valence-corrected chi connectivity index (χ3v) is 5.08. The van der Waals surface area contributed by atoms with Gasteiger partial charge in [-0.25, -0.2) is 0 Å². The van der Waals surface area contributed by atoms with Gasteiger partial charge in [0.1, 0.15) is 5.75 Å². The number of hydrogen-bond donors (Lipinski definition) is 1. The molecule has 0 fully saturated rings. The summed E-state index contributed by atoms with van der Waals surface area (Å²) in [6.07, 6.45) is 0.740. The lowest BCUT2D eigenvalue weighted by molar-refractivity contribution is -0.118. The van der Waals surface area contributed by atoms with Crippen LogP contribution in [0.25, 0.3) is 11.5 Å². The van der Waals surface area contributed by atoms with Gasteiger partial charge >= 0.3 is 0 Å². The first kappa shape index (κ1) is 21.5. The van der Waals surface area contributed by atoms with Crippen molar-refractivity contribution in [2.75, 3.05) is 33.6 Å². The monoisotopic (exact) mass is 429 g/mol. The number of thioether (sulfide) groups is 1. The maximum absolute atomic E-state index is 12.1. The van der Waals surface area contributed by atoms with Crippen molar-refractivity contribution in [1.82, 2.24) is 15.5 Å². The molecule has 0 aliphatic carbocycles. The number of benzene rings is 2. The fourth-order valence-electron chi connectivity index (χ4n) is 2.67. The summed E-state index contributed by atoms with van der Waals surface area (Å²) in [6.45, 7) is 0.548. The van der Waals surface area contributed by atoms with E-state index >= 15 is 0 Å². The standard InChI is InChI=1S/C21H23N3O5S/c1-26-16-7-4-14(5-8-16)10-11-22-19(25)13-30-21-24-23-20(29-21)15-6-9-17(27-2)18(12-15)28-3/h4-9,12H,10-11,13H2,1-3H3,(H,22,25). The van der Waals surface area contributed by atoms with E-state index in [-0.39, 0.29) is 11.7 Å². The molecule has 0 radical (unpaired) electrons. The van der Waals surface area contributed by atoms with Crippen LogP contribution in [0.5, 0.6) is 17.2 Å². The van der Waals surface area contributed by atoms with Crippen LogP contribution < -0.4 is 19.5 Å². The van der Waals surface area contributed by atoms with Gasteiger partial charge in [-0.1, -0.05) is 23.9 Å². The topological polar surface area (TPSA) is 95.7 Å². The maximum atomic E-state index is 12.1. The summed E-state index contributed by atoms with van der Waals surface area (Å²) in [4.78, 5) is 12.1. The van der Waals surface area contributed by atoms with Gasteiger partial charge in [-0.05, 0) is 42.3 Å². The second kappa shape index (κ2) is 10.5. The molecule has 158 valence electrons. The minimum atomic E-state index is -0.0978. The number of nitrogens with zero attached hydrogens (tertiary/aromatic N) is 2. The van der Waals surface area contributed by atoms with Crippen molar-refractivity contribution in [1.29, 1.82) is 0 Å². The Kier molecular flexibility index (Phi) is 7.56. The second-order valence-corrected chi connectivity index (χ2v) is 7.11. The SMILES string of the molecule is COc1ccc(CCNC(=O)CSc2nnc(-c3ccc(OC)c(OC)c3)o2)cc1. The van der Waals surface area contributed by atoms with E-state index in [0.29, 0.717) is 34.7 Å². The van der Waals surface area contributed by atoms with Crippen molar-refractivity contribution < 1.29 is 23.4 Å². The summed E-state index contributed by atoms with van der Waals surface area (Å²) in [7, 11) is 4.76. The Balaban J connectivity index is 1.47. The van der Waals surface area contributed by atoms with Crippen molar-refractivity contribution in [2.24, 2.45) is 0 Å².